The maximum Gasteiger partial charge on any atom is 0.0992 e. The lowest BCUT2D eigenvalue weighted by Crippen LogP contribution is -2.12. The van der Waals surface area contributed by atoms with Crippen LogP contribution in [0.3, 0.4) is 0 Å². The summed E-state index contributed by atoms with van der Waals surface area (Å²) in [5, 5.41) is 11.7. The van der Waals surface area contributed by atoms with Crippen molar-refractivity contribution in [3.8, 4) is 17.2 Å². The zero-order valence-corrected chi connectivity index (χ0v) is 21.7. The molecule has 0 fully saturated rings. The molecule has 0 saturated carbocycles. The van der Waals surface area contributed by atoms with Gasteiger partial charge in [-0.2, -0.15) is 5.26 Å². The Morgan fingerprint density at radius 3 is 1.85 bits per heavy atom. The average Bonchev–Trinajstić information content (AvgIpc) is 3.02. The van der Waals surface area contributed by atoms with Crippen LogP contribution in [0.1, 0.15) is 5.56 Å². The molecule has 0 spiro atoms. The molecule has 6 rings (SSSR count). The van der Waals surface area contributed by atoms with Crippen LogP contribution < -0.4 is 9.80 Å². The van der Waals surface area contributed by atoms with Crippen molar-refractivity contribution in [2.24, 2.45) is 0 Å². The molecule has 6 aromatic rings. The molecule has 0 amide bonds. The summed E-state index contributed by atoms with van der Waals surface area (Å²) in [7, 11) is 2.02. The zero-order chi connectivity index (χ0) is 26.6. The minimum absolute atomic E-state index is 0.650. The summed E-state index contributed by atoms with van der Waals surface area (Å²) in [6.07, 6.45) is 0. The molecular formula is C36H27N3. The van der Waals surface area contributed by atoms with Gasteiger partial charge in [0, 0.05) is 35.2 Å². The molecule has 0 aromatic heterocycles. The summed E-state index contributed by atoms with van der Waals surface area (Å²) in [6.45, 7) is 0. The van der Waals surface area contributed by atoms with Gasteiger partial charge in [0.1, 0.15) is 0 Å². The SMILES string of the molecule is CN(c1ccc(N(c2ccc(-c3ccccc3)cc2)c2cccc3ccccc23)cc1)c1cccc(C#N)c1. The molecule has 0 N–H and O–H groups in total. The van der Waals surface area contributed by atoms with Gasteiger partial charge in [-0.3, -0.25) is 0 Å². The van der Waals surface area contributed by atoms with Gasteiger partial charge in [0.05, 0.1) is 17.3 Å². The summed E-state index contributed by atoms with van der Waals surface area (Å²) >= 11 is 0. The monoisotopic (exact) mass is 501 g/mol. The van der Waals surface area contributed by atoms with E-state index in [1.54, 1.807) is 0 Å². The first-order valence-corrected chi connectivity index (χ1v) is 13.0. The Hall–Kier alpha value is -5.33. The standard InChI is InChI=1S/C36H27N3/c1-38(34-14-7-9-27(25-34)26-37)31-21-23-33(24-22-31)39(36-16-8-13-30-12-5-6-15-35(30)36)32-19-17-29(18-20-32)28-10-3-2-4-11-28/h2-25H,1H3. The Morgan fingerprint density at radius 1 is 0.513 bits per heavy atom. The lowest BCUT2D eigenvalue weighted by Gasteiger charge is -2.28. The summed E-state index contributed by atoms with van der Waals surface area (Å²) in [4.78, 5) is 4.42. The van der Waals surface area contributed by atoms with Crippen molar-refractivity contribution in [1.82, 2.24) is 0 Å². The number of benzene rings is 6. The van der Waals surface area contributed by atoms with Gasteiger partial charge in [0.25, 0.3) is 0 Å². The number of rotatable bonds is 6. The molecule has 0 atom stereocenters. The van der Waals surface area contributed by atoms with Crippen molar-refractivity contribution in [3.05, 3.63) is 151 Å². The molecule has 0 aliphatic heterocycles. The average molecular weight is 502 g/mol. The Labute approximate surface area is 229 Å². The maximum atomic E-state index is 9.31. The van der Waals surface area contributed by atoms with Crippen molar-refractivity contribution < 1.29 is 0 Å². The fourth-order valence-electron chi connectivity index (χ4n) is 5.02. The molecule has 3 nitrogen and oxygen atoms in total. The topological polar surface area (TPSA) is 30.3 Å². The Kier molecular flexibility index (Phi) is 6.52. The van der Waals surface area contributed by atoms with Gasteiger partial charge in [0.15, 0.2) is 0 Å². The van der Waals surface area contributed by atoms with Gasteiger partial charge in [-0.25, -0.2) is 0 Å². The van der Waals surface area contributed by atoms with Gasteiger partial charge in [-0.1, -0.05) is 84.9 Å². The Morgan fingerprint density at radius 2 is 1.10 bits per heavy atom. The van der Waals surface area contributed by atoms with Crippen LogP contribution >= 0.6 is 0 Å². The van der Waals surface area contributed by atoms with Gasteiger partial charge >= 0.3 is 0 Å². The molecule has 0 saturated heterocycles. The summed E-state index contributed by atoms with van der Waals surface area (Å²) in [6, 6.07) is 52.7. The summed E-state index contributed by atoms with van der Waals surface area (Å²) < 4.78 is 0. The molecule has 0 unspecified atom stereocenters. The van der Waals surface area contributed by atoms with E-state index in [4.69, 9.17) is 0 Å². The van der Waals surface area contributed by atoms with Crippen molar-refractivity contribution in [2.75, 3.05) is 16.8 Å². The van der Waals surface area contributed by atoms with E-state index in [9.17, 15) is 5.26 Å². The molecule has 0 bridgehead atoms. The predicted molar refractivity (Wildman–Crippen MR) is 163 cm³/mol. The zero-order valence-electron chi connectivity index (χ0n) is 21.7. The molecule has 0 aliphatic carbocycles. The van der Waals surface area contributed by atoms with E-state index in [0.29, 0.717) is 5.56 Å². The molecule has 39 heavy (non-hydrogen) atoms. The highest BCUT2D eigenvalue weighted by molar-refractivity contribution is 5.99. The highest BCUT2D eigenvalue weighted by Crippen LogP contribution is 2.40. The maximum absolute atomic E-state index is 9.31. The highest BCUT2D eigenvalue weighted by Gasteiger charge is 2.16. The van der Waals surface area contributed by atoms with Crippen LogP contribution in [0.25, 0.3) is 21.9 Å². The van der Waals surface area contributed by atoms with Crippen LogP contribution in [0.2, 0.25) is 0 Å². The van der Waals surface area contributed by atoms with E-state index in [-0.39, 0.29) is 0 Å². The smallest absolute Gasteiger partial charge is 0.0992 e. The molecule has 6 aromatic carbocycles. The Bertz CT molecular complexity index is 1760. The minimum atomic E-state index is 0.650. The molecule has 0 radical (unpaired) electrons. The van der Waals surface area contributed by atoms with Crippen LogP contribution in [0.4, 0.5) is 28.4 Å². The van der Waals surface area contributed by atoms with Crippen molar-refractivity contribution >= 4 is 39.2 Å². The van der Waals surface area contributed by atoms with Crippen molar-refractivity contribution in [2.45, 2.75) is 0 Å². The van der Waals surface area contributed by atoms with E-state index < -0.39 is 0 Å². The normalized spacial score (nSPS) is 10.7. The van der Waals surface area contributed by atoms with Crippen molar-refractivity contribution in [1.29, 1.82) is 5.26 Å². The molecule has 3 heteroatoms. The van der Waals surface area contributed by atoms with E-state index in [2.05, 4.69) is 131 Å². The first-order valence-electron chi connectivity index (χ1n) is 13.0. The number of nitrogens with zero attached hydrogens (tertiary/aromatic N) is 3. The molecular weight excluding hydrogens is 474 g/mol. The fourth-order valence-corrected chi connectivity index (χ4v) is 5.02. The first-order chi connectivity index (χ1) is 19.2. The quantitative estimate of drug-likeness (QED) is 0.228. The number of hydrogen-bond acceptors (Lipinski definition) is 3. The second kappa shape index (κ2) is 10.6. The molecule has 186 valence electrons. The summed E-state index contributed by atoms with van der Waals surface area (Å²) in [5.41, 5.74) is 8.36. The lowest BCUT2D eigenvalue weighted by atomic mass is 10.0. The van der Waals surface area contributed by atoms with Gasteiger partial charge in [-0.15, -0.1) is 0 Å². The summed E-state index contributed by atoms with van der Waals surface area (Å²) in [5.74, 6) is 0. The molecule has 0 heterocycles. The van der Waals surface area contributed by atoms with Crippen LogP contribution in [0.15, 0.2) is 146 Å². The molecule has 0 aliphatic rings. The fraction of sp³-hybridized carbons (Fsp3) is 0.0278. The lowest BCUT2D eigenvalue weighted by molar-refractivity contribution is 1.20. The van der Waals surface area contributed by atoms with Crippen LogP contribution in [0.5, 0.6) is 0 Å². The third-order valence-corrected chi connectivity index (χ3v) is 7.10. The number of fused-ring (bicyclic) bond motifs is 1. The Balaban J connectivity index is 1.42. The number of nitriles is 1. The van der Waals surface area contributed by atoms with E-state index in [1.807, 2.05) is 37.4 Å². The van der Waals surface area contributed by atoms with E-state index in [1.165, 1.54) is 21.9 Å². The van der Waals surface area contributed by atoms with Crippen molar-refractivity contribution in [3.63, 3.8) is 0 Å². The van der Waals surface area contributed by atoms with Crippen LogP contribution in [-0.4, -0.2) is 7.05 Å². The third-order valence-electron chi connectivity index (χ3n) is 7.10. The van der Waals surface area contributed by atoms with Crippen LogP contribution in [-0.2, 0) is 0 Å². The van der Waals surface area contributed by atoms with Gasteiger partial charge in [0.2, 0.25) is 0 Å². The van der Waals surface area contributed by atoms with Crippen LogP contribution in [0, 0.1) is 11.3 Å². The third kappa shape index (κ3) is 4.84. The number of anilines is 5. The first kappa shape index (κ1) is 24.0. The highest BCUT2D eigenvalue weighted by atomic mass is 15.1. The van der Waals surface area contributed by atoms with Gasteiger partial charge < -0.3 is 9.80 Å². The second-order valence-corrected chi connectivity index (χ2v) is 9.48. The largest absolute Gasteiger partial charge is 0.345 e. The van der Waals surface area contributed by atoms with E-state index in [0.717, 1.165) is 28.4 Å². The predicted octanol–water partition coefficient (Wildman–Crippen LogP) is 9.62. The number of hydrogen-bond donors (Lipinski definition) is 0. The van der Waals surface area contributed by atoms with Gasteiger partial charge in [-0.05, 0) is 77.2 Å². The van der Waals surface area contributed by atoms with E-state index >= 15 is 0 Å². The minimum Gasteiger partial charge on any atom is -0.345 e. The second-order valence-electron chi connectivity index (χ2n) is 9.48.